The average Bonchev–Trinajstić information content (AvgIpc) is 2.21. The van der Waals surface area contributed by atoms with Gasteiger partial charge in [-0.3, -0.25) is 0 Å². The summed E-state index contributed by atoms with van der Waals surface area (Å²) in [6.45, 7) is 5.76. The van der Waals surface area contributed by atoms with Crippen LogP contribution in [-0.4, -0.2) is 12.1 Å². The Morgan fingerprint density at radius 1 is 1.38 bits per heavy atom. The smallest absolute Gasteiger partial charge is 0.338 e. The van der Waals surface area contributed by atoms with Crippen molar-refractivity contribution in [3.8, 4) is 0 Å². The predicted molar refractivity (Wildman–Crippen MR) is 63.4 cm³/mol. The van der Waals surface area contributed by atoms with Crippen LogP contribution in [0.1, 0.15) is 31.1 Å². The Hall–Kier alpha value is -1.03. The fourth-order valence-electron chi connectivity index (χ4n) is 1.01. The molecule has 0 heterocycles. The van der Waals surface area contributed by atoms with E-state index in [0.29, 0.717) is 5.56 Å². The van der Waals surface area contributed by atoms with E-state index in [4.69, 9.17) is 4.74 Å². The number of hydrogen-bond donors (Lipinski definition) is 1. The summed E-state index contributed by atoms with van der Waals surface area (Å²) in [7, 11) is 0. The summed E-state index contributed by atoms with van der Waals surface area (Å²) in [6.07, 6.45) is -0.166. The molecule has 0 fully saturated rings. The minimum atomic E-state index is -0.448. The number of esters is 1. The standard InChI is InChI=1S/C12H15FO2S/c1-7(2)8(3)15-12(14)9-4-5-10(13)11(16)6-9/h4-8,16H,1-3H3. The van der Waals surface area contributed by atoms with Crippen molar-refractivity contribution in [3.63, 3.8) is 0 Å². The van der Waals surface area contributed by atoms with Gasteiger partial charge in [0, 0.05) is 4.90 Å². The number of carbonyl (C=O) groups is 1. The normalized spacial score (nSPS) is 12.6. The SMILES string of the molecule is CC(C)C(C)OC(=O)c1ccc(F)c(S)c1. The Labute approximate surface area is 100 Å². The van der Waals surface area contributed by atoms with Gasteiger partial charge < -0.3 is 4.74 Å². The first kappa shape index (κ1) is 13.0. The van der Waals surface area contributed by atoms with Gasteiger partial charge in [-0.2, -0.15) is 0 Å². The van der Waals surface area contributed by atoms with E-state index >= 15 is 0 Å². The third-order valence-electron chi connectivity index (χ3n) is 2.41. The summed E-state index contributed by atoms with van der Waals surface area (Å²) in [6, 6.07) is 3.97. The van der Waals surface area contributed by atoms with Gasteiger partial charge >= 0.3 is 5.97 Å². The fourth-order valence-corrected chi connectivity index (χ4v) is 1.23. The lowest BCUT2D eigenvalue weighted by Crippen LogP contribution is -2.20. The highest BCUT2D eigenvalue weighted by Gasteiger charge is 2.15. The third kappa shape index (κ3) is 3.23. The fraction of sp³-hybridized carbons (Fsp3) is 0.417. The van der Waals surface area contributed by atoms with Gasteiger partial charge in [0.1, 0.15) is 11.9 Å². The highest BCUT2D eigenvalue weighted by atomic mass is 32.1. The molecule has 1 rings (SSSR count). The molecule has 0 spiro atoms. The van der Waals surface area contributed by atoms with Crippen LogP contribution in [0.25, 0.3) is 0 Å². The van der Waals surface area contributed by atoms with Crippen molar-refractivity contribution in [2.45, 2.75) is 31.8 Å². The second-order valence-electron chi connectivity index (χ2n) is 4.02. The molecule has 0 aliphatic heterocycles. The van der Waals surface area contributed by atoms with Crippen LogP contribution in [0.2, 0.25) is 0 Å². The van der Waals surface area contributed by atoms with E-state index in [1.807, 2.05) is 20.8 Å². The quantitative estimate of drug-likeness (QED) is 0.650. The zero-order valence-electron chi connectivity index (χ0n) is 9.53. The lowest BCUT2D eigenvalue weighted by atomic mass is 10.1. The highest BCUT2D eigenvalue weighted by molar-refractivity contribution is 7.80. The van der Waals surface area contributed by atoms with Crippen molar-refractivity contribution in [2.75, 3.05) is 0 Å². The zero-order chi connectivity index (χ0) is 12.3. The molecule has 0 radical (unpaired) electrons. The highest BCUT2D eigenvalue weighted by Crippen LogP contribution is 2.16. The topological polar surface area (TPSA) is 26.3 Å². The molecule has 2 nitrogen and oxygen atoms in total. The summed E-state index contributed by atoms with van der Waals surface area (Å²) < 4.78 is 18.1. The summed E-state index contributed by atoms with van der Waals surface area (Å²) in [5, 5.41) is 0. The van der Waals surface area contributed by atoms with Gasteiger partial charge in [0.15, 0.2) is 0 Å². The third-order valence-corrected chi connectivity index (χ3v) is 2.76. The molecule has 4 heteroatoms. The molecule has 0 bridgehead atoms. The first-order valence-corrected chi connectivity index (χ1v) is 5.56. The van der Waals surface area contributed by atoms with Gasteiger partial charge in [-0.15, -0.1) is 12.6 Å². The van der Waals surface area contributed by atoms with Gasteiger partial charge in [-0.25, -0.2) is 9.18 Å². The zero-order valence-corrected chi connectivity index (χ0v) is 10.4. The van der Waals surface area contributed by atoms with Crippen LogP contribution in [0.5, 0.6) is 0 Å². The maximum Gasteiger partial charge on any atom is 0.338 e. The molecule has 0 aromatic heterocycles. The minimum absolute atomic E-state index is 0.145. The summed E-state index contributed by atoms with van der Waals surface area (Å²) >= 11 is 3.91. The van der Waals surface area contributed by atoms with Crippen molar-refractivity contribution in [2.24, 2.45) is 5.92 Å². The molecule has 1 atom stereocenters. The Bertz CT molecular complexity index is 391. The summed E-state index contributed by atoms with van der Waals surface area (Å²) in [5.74, 6) is -0.645. The summed E-state index contributed by atoms with van der Waals surface area (Å²) in [4.78, 5) is 11.8. The van der Waals surface area contributed by atoms with Crippen molar-refractivity contribution in [3.05, 3.63) is 29.6 Å². The second kappa shape index (κ2) is 5.34. The molecule has 0 amide bonds. The minimum Gasteiger partial charge on any atom is -0.459 e. The van der Waals surface area contributed by atoms with Crippen LogP contribution in [0.3, 0.4) is 0 Å². The van der Waals surface area contributed by atoms with Crippen LogP contribution >= 0.6 is 12.6 Å². The van der Waals surface area contributed by atoms with Crippen LogP contribution in [0, 0.1) is 11.7 Å². The maximum atomic E-state index is 12.9. The number of halogens is 1. The summed E-state index contributed by atoms with van der Waals surface area (Å²) in [5.41, 5.74) is 0.318. The monoisotopic (exact) mass is 242 g/mol. The van der Waals surface area contributed by atoms with Crippen LogP contribution in [0.4, 0.5) is 4.39 Å². The van der Waals surface area contributed by atoms with Gasteiger partial charge in [-0.1, -0.05) is 13.8 Å². The number of carbonyl (C=O) groups excluding carboxylic acids is 1. The largest absolute Gasteiger partial charge is 0.459 e. The molecule has 1 unspecified atom stereocenters. The molecule has 88 valence electrons. The number of benzene rings is 1. The van der Waals surface area contributed by atoms with Gasteiger partial charge in [0.2, 0.25) is 0 Å². The van der Waals surface area contributed by atoms with E-state index in [0.717, 1.165) is 0 Å². The second-order valence-corrected chi connectivity index (χ2v) is 4.50. The van der Waals surface area contributed by atoms with E-state index in [1.165, 1.54) is 18.2 Å². The molecule has 0 aliphatic carbocycles. The lowest BCUT2D eigenvalue weighted by molar-refractivity contribution is 0.0237. The molecular weight excluding hydrogens is 227 g/mol. The predicted octanol–water partition coefficient (Wildman–Crippen LogP) is 3.32. The number of rotatable bonds is 3. The van der Waals surface area contributed by atoms with Crippen LogP contribution < -0.4 is 0 Å². The Balaban J connectivity index is 2.77. The first-order chi connectivity index (χ1) is 7.41. The number of hydrogen-bond acceptors (Lipinski definition) is 3. The lowest BCUT2D eigenvalue weighted by Gasteiger charge is -2.16. The number of thiol groups is 1. The Morgan fingerprint density at radius 3 is 2.50 bits per heavy atom. The molecule has 0 aliphatic rings. The van der Waals surface area contributed by atoms with E-state index in [1.54, 1.807) is 0 Å². The Morgan fingerprint density at radius 2 is 2.00 bits per heavy atom. The molecule has 1 aromatic rings. The average molecular weight is 242 g/mol. The van der Waals surface area contributed by atoms with Crippen LogP contribution in [-0.2, 0) is 4.74 Å². The molecule has 0 saturated heterocycles. The maximum absolute atomic E-state index is 12.9. The van der Waals surface area contributed by atoms with Crippen molar-refractivity contribution in [1.82, 2.24) is 0 Å². The molecule has 0 N–H and O–H groups in total. The van der Waals surface area contributed by atoms with Gasteiger partial charge in [0.05, 0.1) is 5.56 Å². The van der Waals surface area contributed by atoms with Gasteiger partial charge in [-0.05, 0) is 31.0 Å². The molecular formula is C12H15FO2S. The number of ether oxygens (including phenoxy) is 1. The van der Waals surface area contributed by atoms with E-state index < -0.39 is 11.8 Å². The van der Waals surface area contributed by atoms with Crippen molar-refractivity contribution < 1.29 is 13.9 Å². The molecule has 16 heavy (non-hydrogen) atoms. The van der Waals surface area contributed by atoms with E-state index in [-0.39, 0.29) is 16.9 Å². The Kier molecular flexibility index (Phi) is 4.35. The van der Waals surface area contributed by atoms with E-state index in [2.05, 4.69) is 12.6 Å². The van der Waals surface area contributed by atoms with Crippen molar-refractivity contribution in [1.29, 1.82) is 0 Å². The van der Waals surface area contributed by atoms with Crippen molar-refractivity contribution >= 4 is 18.6 Å². The molecule has 1 aromatic carbocycles. The van der Waals surface area contributed by atoms with Gasteiger partial charge in [0.25, 0.3) is 0 Å². The van der Waals surface area contributed by atoms with Crippen LogP contribution in [0.15, 0.2) is 23.1 Å². The first-order valence-electron chi connectivity index (χ1n) is 5.11. The van der Waals surface area contributed by atoms with E-state index in [9.17, 15) is 9.18 Å². The molecule has 0 saturated carbocycles.